The van der Waals surface area contributed by atoms with Crippen molar-refractivity contribution in [3.05, 3.63) is 17.5 Å². The van der Waals surface area contributed by atoms with E-state index in [1.165, 1.54) is 18.5 Å². The second kappa shape index (κ2) is 3.82. The first-order chi connectivity index (χ1) is 7.05. The average Bonchev–Trinajstić information content (AvgIpc) is 2.96. The Morgan fingerprint density at radius 3 is 2.67 bits per heavy atom. The molecule has 0 spiro atoms. The fourth-order valence-corrected chi connectivity index (χ4v) is 2.64. The number of halogens is 1. The van der Waals surface area contributed by atoms with Gasteiger partial charge in [0, 0.05) is 18.6 Å². The van der Waals surface area contributed by atoms with E-state index in [1.807, 2.05) is 18.7 Å². The summed E-state index contributed by atoms with van der Waals surface area (Å²) in [6.45, 7) is 4.35. The Labute approximate surface area is 96.6 Å². The number of aryl methyl sites for hydroxylation is 2. The molecule has 2 nitrogen and oxygen atoms in total. The topological polar surface area (TPSA) is 17.8 Å². The molecule has 0 saturated heterocycles. The van der Waals surface area contributed by atoms with Crippen LogP contribution in [0.4, 0.5) is 0 Å². The Morgan fingerprint density at radius 1 is 1.60 bits per heavy atom. The average molecular weight is 227 g/mol. The van der Waals surface area contributed by atoms with Crippen LogP contribution in [0.3, 0.4) is 0 Å². The molecular formula is C12H19ClN2. The maximum absolute atomic E-state index is 6.12. The second-order valence-electron chi connectivity index (χ2n) is 5.14. The van der Waals surface area contributed by atoms with Crippen LogP contribution in [0.5, 0.6) is 0 Å². The Hall–Kier alpha value is -0.500. The molecule has 0 N–H and O–H groups in total. The minimum atomic E-state index is 0.266. The van der Waals surface area contributed by atoms with Crippen LogP contribution in [-0.4, -0.2) is 15.7 Å². The van der Waals surface area contributed by atoms with Gasteiger partial charge in [-0.1, -0.05) is 6.92 Å². The van der Waals surface area contributed by atoms with Crippen LogP contribution in [0.15, 0.2) is 6.07 Å². The summed E-state index contributed by atoms with van der Waals surface area (Å²) < 4.78 is 1.99. The highest BCUT2D eigenvalue weighted by Crippen LogP contribution is 2.47. The lowest BCUT2D eigenvalue weighted by Crippen LogP contribution is -2.25. The highest BCUT2D eigenvalue weighted by Gasteiger charge is 2.41. The van der Waals surface area contributed by atoms with Crippen LogP contribution in [0.25, 0.3) is 0 Å². The van der Waals surface area contributed by atoms with Crippen molar-refractivity contribution in [3.8, 4) is 0 Å². The molecule has 1 aliphatic carbocycles. The summed E-state index contributed by atoms with van der Waals surface area (Å²) in [7, 11) is 2.02. The highest BCUT2D eigenvalue weighted by atomic mass is 35.5. The van der Waals surface area contributed by atoms with Crippen molar-refractivity contribution in [2.24, 2.45) is 18.4 Å². The predicted molar refractivity (Wildman–Crippen MR) is 63.2 cm³/mol. The number of alkyl halides is 1. The minimum absolute atomic E-state index is 0.266. The molecule has 1 heterocycles. The van der Waals surface area contributed by atoms with Crippen LogP contribution in [0.1, 0.15) is 31.2 Å². The van der Waals surface area contributed by atoms with Gasteiger partial charge >= 0.3 is 0 Å². The molecule has 15 heavy (non-hydrogen) atoms. The third-order valence-electron chi connectivity index (χ3n) is 3.55. The van der Waals surface area contributed by atoms with Crippen molar-refractivity contribution in [1.82, 2.24) is 9.78 Å². The number of rotatable bonds is 4. The van der Waals surface area contributed by atoms with Gasteiger partial charge in [0.25, 0.3) is 0 Å². The molecule has 0 aliphatic heterocycles. The molecule has 0 aromatic carbocycles. The standard InChI is InChI=1S/C12H19ClN2/c1-9-6-11(15(3)14-9)7-12(2,8-13)10-4-5-10/h6,10H,4-5,7-8H2,1-3H3. The summed E-state index contributed by atoms with van der Waals surface area (Å²) in [6, 6.07) is 2.17. The second-order valence-corrected chi connectivity index (χ2v) is 5.41. The van der Waals surface area contributed by atoms with E-state index in [9.17, 15) is 0 Å². The summed E-state index contributed by atoms with van der Waals surface area (Å²) in [4.78, 5) is 0. The van der Waals surface area contributed by atoms with E-state index in [4.69, 9.17) is 11.6 Å². The van der Waals surface area contributed by atoms with Crippen molar-refractivity contribution in [2.45, 2.75) is 33.1 Å². The molecule has 0 radical (unpaired) electrons. The first-order valence-corrected chi connectivity index (χ1v) is 6.14. The first-order valence-electron chi connectivity index (χ1n) is 5.60. The number of nitrogens with zero attached hydrogens (tertiary/aromatic N) is 2. The van der Waals surface area contributed by atoms with Gasteiger partial charge < -0.3 is 0 Å². The normalized spacial score (nSPS) is 20.3. The monoisotopic (exact) mass is 226 g/mol. The molecular weight excluding hydrogens is 208 g/mol. The zero-order valence-electron chi connectivity index (χ0n) is 9.76. The van der Waals surface area contributed by atoms with Crippen LogP contribution in [-0.2, 0) is 13.5 Å². The van der Waals surface area contributed by atoms with E-state index in [1.54, 1.807) is 0 Å². The lowest BCUT2D eigenvalue weighted by Gasteiger charge is -2.26. The summed E-state index contributed by atoms with van der Waals surface area (Å²) in [5, 5.41) is 4.38. The first kappa shape index (κ1) is 11.0. The number of hydrogen-bond donors (Lipinski definition) is 0. The molecule has 3 heteroatoms. The van der Waals surface area contributed by atoms with Crippen molar-refractivity contribution >= 4 is 11.6 Å². The van der Waals surface area contributed by atoms with Gasteiger partial charge in [0.2, 0.25) is 0 Å². The number of aromatic nitrogens is 2. The molecule has 1 aromatic heterocycles. The van der Waals surface area contributed by atoms with E-state index >= 15 is 0 Å². The lowest BCUT2D eigenvalue weighted by atomic mass is 9.82. The molecule has 1 unspecified atom stereocenters. The van der Waals surface area contributed by atoms with Crippen molar-refractivity contribution in [3.63, 3.8) is 0 Å². The predicted octanol–water partition coefficient (Wildman–Crippen LogP) is 2.93. The largest absolute Gasteiger partial charge is 0.272 e. The van der Waals surface area contributed by atoms with Crippen LogP contribution < -0.4 is 0 Å². The molecule has 1 fully saturated rings. The van der Waals surface area contributed by atoms with Gasteiger partial charge in [0.1, 0.15) is 0 Å². The van der Waals surface area contributed by atoms with E-state index in [2.05, 4.69) is 18.1 Å². The van der Waals surface area contributed by atoms with E-state index < -0.39 is 0 Å². The molecule has 84 valence electrons. The zero-order valence-corrected chi connectivity index (χ0v) is 10.5. The smallest absolute Gasteiger partial charge is 0.0596 e. The third kappa shape index (κ3) is 2.20. The Bertz CT molecular complexity index is 355. The minimum Gasteiger partial charge on any atom is -0.272 e. The maximum Gasteiger partial charge on any atom is 0.0596 e. The molecule has 0 amide bonds. The van der Waals surface area contributed by atoms with Crippen LogP contribution >= 0.6 is 11.6 Å². The molecule has 1 atom stereocenters. The van der Waals surface area contributed by atoms with Crippen LogP contribution in [0.2, 0.25) is 0 Å². The molecule has 2 rings (SSSR count). The fourth-order valence-electron chi connectivity index (χ4n) is 2.32. The highest BCUT2D eigenvalue weighted by molar-refractivity contribution is 6.18. The third-order valence-corrected chi connectivity index (χ3v) is 4.16. The molecule has 1 aliphatic rings. The van der Waals surface area contributed by atoms with Gasteiger partial charge in [-0.25, -0.2) is 0 Å². The SMILES string of the molecule is Cc1cc(CC(C)(CCl)C2CC2)n(C)n1. The Balaban J connectivity index is 2.15. The quantitative estimate of drug-likeness (QED) is 0.722. The fraction of sp³-hybridized carbons (Fsp3) is 0.750. The Kier molecular flexibility index (Phi) is 2.80. The van der Waals surface area contributed by atoms with Crippen molar-refractivity contribution < 1.29 is 0 Å². The van der Waals surface area contributed by atoms with E-state index in [-0.39, 0.29) is 5.41 Å². The molecule has 1 aromatic rings. The maximum atomic E-state index is 6.12. The number of hydrogen-bond acceptors (Lipinski definition) is 1. The van der Waals surface area contributed by atoms with Gasteiger partial charge in [0.15, 0.2) is 0 Å². The van der Waals surface area contributed by atoms with E-state index in [0.29, 0.717) is 0 Å². The Morgan fingerprint density at radius 2 is 2.27 bits per heavy atom. The van der Waals surface area contributed by atoms with Gasteiger partial charge in [-0.15, -0.1) is 11.6 Å². The van der Waals surface area contributed by atoms with Crippen molar-refractivity contribution in [2.75, 3.05) is 5.88 Å². The van der Waals surface area contributed by atoms with Gasteiger partial charge in [-0.3, -0.25) is 4.68 Å². The summed E-state index contributed by atoms with van der Waals surface area (Å²) in [6.07, 6.45) is 3.75. The van der Waals surface area contributed by atoms with Crippen LogP contribution in [0, 0.1) is 18.3 Å². The van der Waals surface area contributed by atoms with E-state index in [0.717, 1.165) is 23.9 Å². The zero-order chi connectivity index (χ0) is 11.1. The summed E-state index contributed by atoms with van der Waals surface area (Å²) in [5.74, 6) is 1.58. The van der Waals surface area contributed by atoms with Gasteiger partial charge in [-0.2, -0.15) is 5.10 Å². The lowest BCUT2D eigenvalue weighted by molar-refractivity contribution is 0.306. The van der Waals surface area contributed by atoms with Crippen molar-refractivity contribution in [1.29, 1.82) is 0 Å². The summed E-state index contributed by atoms with van der Waals surface area (Å²) in [5.41, 5.74) is 2.67. The molecule has 1 saturated carbocycles. The summed E-state index contributed by atoms with van der Waals surface area (Å²) >= 11 is 6.12. The van der Waals surface area contributed by atoms with Gasteiger partial charge in [0.05, 0.1) is 5.69 Å². The molecule has 0 bridgehead atoms. The van der Waals surface area contributed by atoms with Gasteiger partial charge in [-0.05, 0) is 43.6 Å².